The summed E-state index contributed by atoms with van der Waals surface area (Å²) in [5.41, 5.74) is 0.501. The van der Waals surface area contributed by atoms with Crippen LogP contribution in [0.3, 0.4) is 0 Å². The van der Waals surface area contributed by atoms with E-state index in [0.29, 0.717) is 11.3 Å². The summed E-state index contributed by atoms with van der Waals surface area (Å²) < 4.78 is 36.0. The third-order valence-electron chi connectivity index (χ3n) is 3.72. The second-order valence-corrected chi connectivity index (χ2v) is 8.07. The lowest BCUT2D eigenvalue weighted by Gasteiger charge is -2.11. The summed E-state index contributed by atoms with van der Waals surface area (Å²) in [5.74, 6) is 0.744. The van der Waals surface area contributed by atoms with Crippen LogP contribution in [0.2, 0.25) is 0 Å². The zero-order valence-electron chi connectivity index (χ0n) is 15.0. The Hall–Kier alpha value is -2.98. The minimum Gasteiger partial charge on any atom is -0.465 e. The van der Waals surface area contributed by atoms with Gasteiger partial charge in [-0.25, -0.2) is 12.7 Å². The third-order valence-corrected chi connectivity index (χ3v) is 5.55. The Balaban J connectivity index is 1.70. The highest BCUT2D eigenvalue weighted by Gasteiger charge is 2.19. The highest BCUT2D eigenvalue weighted by atomic mass is 32.2. The molecule has 0 bridgehead atoms. The lowest BCUT2D eigenvalue weighted by molar-refractivity contribution is 0.0913. The fourth-order valence-electron chi connectivity index (χ4n) is 2.24. The van der Waals surface area contributed by atoms with Crippen LogP contribution in [0, 0.1) is 6.92 Å². The first-order valence-corrected chi connectivity index (χ1v) is 9.41. The maximum absolute atomic E-state index is 12.1. The number of carbonyl (C=O) groups excluding carboxylic acids is 1. The van der Waals surface area contributed by atoms with Gasteiger partial charge < -0.3 is 14.2 Å². The van der Waals surface area contributed by atoms with E-state index in [1.807, 2.05) is 6.92 Å². The Labute approximate surface area is 156 Å². The molecule has 0 saturated carbocycles. The van der Waals surface area contributed by atoms with Gasteiger partial charge in [0.25, 0.3) is 0 Å². The van der Waals surface area contributed by atoms with Crippen molar-refractivity contribution < 1.29 is 22.0 Å². The summed E-state index contributed by atoms with van der Waals surface area (Å²) in [6, 6.07) is 9.51. The van der Waals surface area contributed by atoms with E-state index in [0.717, 1.165) is 10.1 Å². The molecule has 9 nitrogen and oxygen atoms in total. The number of rotatable bonds is 6. The minimum atomic E-state index is -3.52. The van der Waals surface area contributed by atoms with E-state index in [4.69, 9.17) is 8.83 Å². The second-order valence-electron chi connectivity index (χ2n) is 5.92. The van der Waals surface area contributed by atoms with Gasteiger partial charge in [0.15, 0.2) is 0 Å². The molecule has 0 spiro atoms. The average molecular weight is 390 g/mol. The fraction of sp³-hybridized carbons (Fsp3) is 0.235. The van der Waals surface area contributed by atoms with Crippen molar-refractivity contribution in [3.8, 4) is 11.5 Å². The smallest absolute Gasteiger partial charge is 0.309 e. The topological polar surface area (TPSA) is 119 Å². The molecule has 0 atom stereocenters. The van der Waals surface area contributed by atoms with Gasteiger partial charge in [0, 0.05) is 19.7 Å². The highest BCUT2D eigenvalue weighted by molar-refractivity contribution is 7.89. The summed E-state index contributed by atoms with van der Waals surface area (Å²) in [6.45, 7) is 2.01. The number of furan rings is 1. The Bertz CT molecular complexity index is 1050. The first-order valence-electron chi connectivity index (χ1n) is 7.97. The number of nitrogens with one attached hydrogen (secondary N) is 1. The van der Waals surface area contributed by atoms with Gasteiger partial charge in [0.1, 0.15) is 11.5 Å². The van der Waals surface area contributed by atoms with Crippen molar-refractivity contribution >= 4 is 15.9 Å². The first kappa shape index (κ1) is 18.8. The summed E-state index contributed by atoms with van der Waals surface area (Å²) in [7, 11) is -0.613. The van der Waals surface area contributed by atoms with Gasteiger partial charge in [0.05, 0.1) is 11.4 Å². The second kappa shape index (κ2) is 7.33. The molecule has 3 aromatic rings. The molecule has 142 valence electrons. The molecule has 0 unspecified atom stereocenters. The standard InChI is InChI=1S/C17H18N4O5S/c1-11-4-7-13(25-11)10-18-15(22)17-20-19-16(26-17)12-5-8-14(9-6-12)27(23,24)21(2)3/h4-9H,10H2,1-3H3,(H,18,22). The molecule has 1 amide bonds. The Morgan fingerprint density at radius 1 is 1.07 bits per heavy atom. The number of aromatic nitrogens is 2. The van der Waals surface area contributed by atoms with Crippen LogP contribution in [0.4, 0.5) is 0 Å². The molecule has 0 aliphatic rings. The van der Waals surface area contributed by atoms with Gasteiger partial charge in [-0.1, -0.05) is 0 Å². The quantitative estimate of drug-likeness (QED) is 0.682. The van der Waals surface area contributed by atoms with Crippen LogP contribution in [0.5, 0.6) is 0 Å². The molecule has 0 fully saturated rings. The van der Waals surface area contributed by atoms with Crippen LogP contribution in [0.1, 0.15) is 22.2 Å². The Morgan fingerprint density at radius 3 is 2.37 bits per heavy atom. The predicted molar refractivity (Wildman–Crippen MR) is 95.2 cm³/mol. The number of sulfonamides is 1. The number of amides is 1. The van der Waals surface area contributed by atoms with E-state index in [1.165, 1.54) is 38.4 Å². The Morgan fingerprint density at radius 2 is 1.78 bits per heavy atom. The van der Waals surface area contributed by atoms with Crippen LogP contribution in [-0.2, 0) is 16.6 Å². The molecular formula is C17H18N4O5S. The van der Waals surface area contributed by atoms with Crippen LogP contribution < -0.4 is 5.32 Å². The van der Waals surface area contributed by atoms with Crippen molar-refractivity contribution in [3.63, 3.8) is 0 Å². The maximum atomic E-state index is 12.1. The number of hydrogen-bond donors (Lipinski definition) is 1. The SMILES string of the molecule is Cc1ccc(CNC(=O)c2nnc(-c3ccc(S(=O)(=O)N(C)C)cc3)o2)o1. The van der Waals surface area contributed by atoms with Crippen molar-refractivity contribution in [1.29, 1.82) is 0 Å². The molecule has 0 aliphatic heterocycles. The normalized spacial score (nSPS) is 11.7. The van der Waals surface area contributed by atoms with Gasteiger partial charge in [0.2, 0.25) is 15.9 Å². The van der Waals surface area contributed by atoms with E-state index in [9.17, 15) is 13.2 Å². The van der Waals surface area contributed by atoms with E-state index in [-0.39, 0.29) is 23.2 Å². The molecule has 2 heterocycles. The van der Waals surface area contributed by atoms with Crippen LogP contribution in [-0.4, -0.2) is 42.9 Å². The molecule has 0 saturated heterocycles. The van der Waals surface area contributed by atoms with Gasteiger partial charge in [-0.3, -0.25) is 4.79 Å². The van der Waals surface area contributed by atoms with E-state index in [1.54, 1.807) is 12.1 Å². The van der Waals surface area contributed by atoms with Crippen LogP contribution in [0.25, 0.3) is 11.5 Å². The number of benzene rings is 1. The summed E-state index contributed by atoms with van der Waals surface area (Å²) >= 11 is 0. The van der Waals surface area contributed by atoms with Crippen molar-refractivity contribution in [2.24, 2.45) is 0 Å². The molecule has 1 N–H and O–H groups in total. The average Bonchev–Trinajstić information content (AvgIpc) is 3.29. The molecule has 0 aliphatic carbocycles. The van der Waals surface area contributed by atoms with Crippen molar-refractivity contribution in [1.82, 2.24) is 19.8 Å². The Kier molecular flexibility index (Phi) is 5.10. The number of nitrogens with zero attached hydrogens (tertiary/aromatic N) is 3. The van der Waals surface area contributed by atoms with Crippen molar-refractivity contribution in [3.05, 3.63) is 53.8 Å². The molecule has 3 rings (SSSR count). The van der Waals surface area contributed by atoms with E-state index >= 15 is 0 Å². The predicted octanol–water partition coefficient (Wildman–Crippen LogP) is 1.82. The highest BCUT2D eigenvalue weighted by Crippen LogP contribution is 2.21. The van der Waals surface area contributed by atoms with Crippen LogP contribution >= 0.6 is 0 Å². The molecule has 10 heteroatoms. The molecular weight excluding hydrogens is 372 g/mol. The third kappa shape index (κ3) is 4.07. The fourth-order valence-corrected chi connectivity index (χ4v) is 3.14. The largest absolute Gasteiger partial charge is 0.465 e. The van der Waals surface area contributed by atoms with E-state index in [2.05, 4.69) is 15.5 Å². The maximum Gasteiger partial charge on any atom is 0.309 e. The zero-order chi connectivity index (χ0) is 19.6. The van der Waals surface area contributed by atoms with E-state index < -0.39 is 15.9 Å². The van der Waals surface area contributed by atoms with Gasteiger partial charge in [-0.2, -0.15) is 0 Å². The van der Waals surface area contributed by atoms with Crippen molar-refractivity contribution in [2.75, 3.05) is 14.1 Å². The number of aryl methyl sites for hydroxylation is 1. The molecule has 27 heavy (non-hydrogen) atoms. The minimum absolute atomic E-state index is 0.114. The summed E-state index contributed by atoms with van der Waals surface area (Å²) in [6.07, 6.45) is 0. The van der Waals surface area contributed by atoms with Crippen molar-refractivity contribution in [2.45, 2.75) is 18.4 Å². The summed E-state index contributed by atoms with van der Waals surface area (Å²) in [4.78, 5) is 12.2. The molecule has 2 aromatic heterocycles. The molecule has 1 aromatic carbocycles. The first-order chi connectivity index (χ1) is 12.8. The number of hydrogen-bond acceptors (Lipinski definition) is 7. The zero-order valence-corrected chi connectivity index (χ0v) is 15.8. The van der Waals surface area contributed by atoms with Crippen LogP contribution in [0.15, 0.2) is 50.1 Å². The molecule has 0 radical (unpaired) electrons. The van der Waals surface area contributed by atoms with Gasteiger partial charge in [-0.15, -0.1) is 10.2 Å². The lowest BCUT2D eigenvalue weighted by atomic mass is 10.2. The monoisotopic (exact) mass is 390 g/mol. The number of carbonyl (C=O) groups is 1. The summed E-state index contributed by atoms with van der Waals surface area (Å²) in [5, 5.41) is 10.2. The van der Waals surface area contributed by atoms with Gasteiger partial charge in [-0.05, 0) is 43.3 Å². The lowest BCUT2D eigenvalue weighted by Crippen LogP contribution is -2.22. The van der Waals surface area contributed by atoms with Gasteiger partial charge >= 0.3 is 11.8 Å².